The van der Waals surface area contributed by atoms with E-state index in [0.29, 0.717) is 18.2 Å². The predicted octanol–water partition coefficient (Wildman–Crippen LogP) is 1.48. The van der Waals surface area contributed by atoms with E-state index in [4.69, 9.17) is 16.3 Å². The summed E-state index contributed by atoms with van der Waals surface area (Å²) in [5.74, 6) is 0.576. The van der Waals surface area contributed by atoms with Crippen molar-refractivity contribution in [3.05, 3.63) is 29.3 Å². The van der Waals surface area contributed by atoms with Crippen LogP contribution in [0.4, 0.5) is 0 Å². The Morgan fingerprint density at radius 1 is 1.38 bits per heavy atom. The quantitative estimate of drug-likeness (QED) is 0.770. The number of carbonyl (C=O) groups excluding carboxylic acids is 1. The molecule has 0 saturated carbocycles. The second kappa shape index (κ2) is 7.09. The van der Waals surface area contributed by atoms with E-state index in [9.17, 15) is 4.79 Å². The maximum atomic E-state index is 11.0. The lowest BCUT2D eigenvalue weighted by atomic mass is 10.3. The number of carbonyl (C=O) groups is 1. The minimum atomic E-state index is -0.151. The van der Waals surface area contributed by atoms with E-state index < -0.39 is 0 Å². The van der Waals surface area contributed by atoms with Crippen molar-refractivity contribution in [1.29, 1.82) is 0 Å². The molecule has 0 radical (unpaired) electrons. The fourth-order valence-corrected chi connectivity index (χ4v) is 1.20. The first-order valence-corrected chi connectivity index (χ1v) is 5.24. The molecule has 1 aromatic carbocycles. The molecule has 16 heavy (non-hydrogen) atoms. The molecule has 0 atom stereocenters. The van der Waals surface area contributed by atoms with Crippen LogP contribution in [0.3, 0.4) is 0 Å². The van der Waals surface area contributed by atoms with Gasteiger partial charge in [-0.05, 0) is 24.3 Å². The Kier molecular flexibility index (Phi) is 5.67. The predicted molar refractivity (Wildman–Crippen MR) is 61.8 cm³/mol. The number of rotatable bonds is 6. The molecule has 0 aromatic heterocycles. The number of methoxy groups -OCH3 is 1. The monoisotopic (exact) mass is 243 g/mol. The number of hydrogen-bond acceptors (Lipinski definition) is 3. The average molecular weight is 244 g/mol. The minimum absolute atomic E-state index is 0.0704. The van der Waals surface area contributed by atoms with Crippen molar-refractivity contribution < 1.29 is 14.3 Å². The Morgan fingerprint density at radius 2 is 2.06 bits per heavy atom. The molecular formula is C11H14ClNO3. The fourth-order valence-electron chi connectivity index (χ4n) is 1.07. The topological polar surface area (TPSA) is 47.6 Å². The summed E-state index contributed by atoms with van der Waals surface area (Å²) in [7, 11) is 1.48. The standard InChI is InChI=1S/C11H14ClNO3/c1-15-8-11(14)13-6-7-16-10-4-2-9(12)3-5-10/h2-5H,6-8H2,1H3,(H,13,14). The highest BCUT2D eigenvalue weighted by atomic mass is 35.5. The molecule has 1 aromatic rings. The molecule has 0 bridgehead atoms. The molecule has 0 heterocycles. The van der Waals surface area contributed by atoms with Crippen molar-refractivity contribution in [3.8, 4) is 5.75 Å². The highest BCUT2D eigenvalue weighted by molar-refractivity contribution is 6.30. The van der Waals surface area contributed by atoms with Crippen molar-refractivity contribution in [2.75, 3.05) is 26.9 Å². The summed E-state index contributed by atoms with van der Waals surface area (Å²) in [5, 5.41) is 3.32. The average Bonchev–Trinajstić information content (AvgIpc) is 2.27. The molecule has 0 aliphatic rings. The summed E-state index contributed by atoms with van der Waals surface area (Å²) >= 11 is 5.72. The Hall–Kier alpha value is -1.26. The van der Waals surface area contributed by atoms with Crippen LogP contribution in [-0.4, -0.2) is 32.8 Å². The van der Waals surface area contributed by atoms with Crippen LogP contribution in [0.1, 0.15) is 0 Å². The smallest absolute Gasteiger partial charge is 0.246 e. The molecule has 88 valence electrons. The first-order valence-electron chi connectivity index (χ1n) is 4.86. The number of halogens is 1. The van der Waals surface area contributed by atoms with Crippen molar-refractivity contribution in [3.63, 3.8) is 0 Å². The molecule has 0 aliphatic carbocycles. The van der Waals surface area contributed by atoms with Gasteiger partial charge in [0.15, 0.2) is 0 Å². The normalized spacial score (nSPS) is 9.88. The lowest BCUT2D eigenvalue weighted by Gasteiger charge is -2.07. The zero-order valence-corrected chi connectivity index (χ0v) is 9.79. The fraction of sp³-hybridized carbons (Fsp3) is 0.364. The zero-order chi connectivity index (χ0) is 11.8. The Balaban J connectivity index is 2.16. The van der Waals surface area contributed by atoms with E-state index in [-0.39, 0.29) is 12.5 Å². The third-order valence-corrected chi connectivity index (χ3v) is 2.03. The van der Waals surface area contributed by atoms with Crippen molar-refractivity contribution in [2.24, 2.45) is 0 Å². The lowest BCUT2D eigenvalue weighted by molar-refractivity contribution is -0.124. The van der Waals surface area contributed by atoms with Gasteiger partial charge in [0.1, 0.15) is 19.0 Å². The van der Waals surface area contributed by atoms with Crippen LogP contribution in [0.2, 0.25) is 5.02 Å². The number of benzene rings is 1. The summed E-state index contributed by atoms with van der Waals surface area (Å²) in [6.45, 7) is 0.933. The zero-order valence-electron chi connectivity index (χ0n) is 9.03. The van der Waals surface area contributed by atoms with Gasteiger partial charge in [-0.3, -0.25) is 4.79 Å². The highest BCUT2D eigenvalue weighted by Gasteiger charge is 1.98. The van der Waals surface area contributed by atoms with Gasteiger partial charge in [0.25, 0.3) is 0 Å². The van der Waals surface area contributed by atoms with Gasteiger partial charge < -0.3 is 14.8 Å². The molecular weight excluding hydrogens is 230 g/mol. The van der Waals surface area contributed by atoms with Crippen molar-refractivity contribution >= 4 is 17.5 Å². The SMILES string of the molecule is COCC(=O)NCCOc1ccc(Cl)cc1. The molecule has 0 fully saturated rings. The molecule has 1 amide bonds. The van der Waals surface area contributed by atoms with Gasteiger partial charge in [-0.1, -0.05) is 11.6 Å². The van der Waals surface area contributed by atoms with Crippen LogP contribution in [0.25, 0.3) is 0 Å². The van der Waals surface area contributed by atoms with Crippen molar-refractivity contribution in [2.45, 2.75) is 0 Å². The Labute approximate surface area is 99.5 Å². The van der Waals surface area contributed by atoms with Gasteiger partial charge in [0, 0.05) is 12.1 Å². The van der Waals surface area contributed by atoms with Crippen LogP contribution >= 0.6 is 11.6 Å². The first kappa shape index (κ1) is 12.8. The third-order valence-electron chi connectivity index (χ3n) is 1.78. The van der Waals surface area contributed by atoms with E-state index in [1.54, 1.807) is 24.3 Å². The van der Waals surface area contributed by atoms with Crippen LogP contribution in [0, 0.1) is 0 Å². The maximum Gasteiger partial charge on any atom is 0.246 e. The maximum absolute atomic E-state index is 11.0. The van der Waals surface area contributed by atoms with Crippen molar-refractivity contribution in [1.82, 2.24) is 5.32 Å². The molecule has 0 spiro atoms. The Morgan fingerprint density at radius 3 is 2.69 bits per heavy atom. The summed E-state index contributed by atoms with van der Waals surface area (Å²) in [4.78, 5) is 11.0. The summed E-state index contributed by atoms with van der Waals surface area (Å²) in [5.41, 5.74) is 0. The molecule has 0 unspecified atom stereocenters. The molecule has 5 heteroatoms. The Bertz CT molecular complexity index is 327. The third kappa shape index (κ3) is 5.00. The van der Waals surface area contributed by atoms with E-state index in [2.05, 4.69) is 10.1 Å². The van der Waals surface area contributed by atoms with Gasteiger partial charge in [-0.25, -0.2) is 0 Å². The minimum Gasteiger partial charge on any atom is -0.492 e. The van der Waals surface area contributed by atoms with Crippen LogP contribution in [0.5, 0.6) is 5.75 Å². The summed E-state index contributed by atoms with van der Waals surface area (Å²) in [6.07, 6.45) is 0. The number of hydrogen-bond donors (Lipinski definition) is 1. The number of amides is 1. The van der Waals surface area contributed by atoms with Crippen LogP contribution in [-0.2, 0) is 9.53 Å². The van der Waals surface area contributed by atoms with E-state index in [1.165, 1.54) is 7.11 Å². The van der Waals surface area contributed by atoms with E-state index >= 15 is 0 Å². The van der Waals surface area contributed by atoms with Gasteiger partial charge in [-0.15, -0.1) is 0 Å². The van der Waals surface area contributed by atoms with Crippen LogP contribution < -0.4 is 10.1 Å². The van der Waals surface area contributed by atoms with Crippen LogP contribution in [0.15, 0.2) is 24.3 Å². The van der Waals surface area contributed by atoms with E-state index in [1.807, 2.05) is 0 Å². The second-order valence-corrected chi connectivity index (χ2v) is 3.52. The lowest BCUT2D eigenvalue weighted by Crippen LogP contribution is -2.30. The summed E-state index contributed by atoms with van der Waals surface area (Å²) < 4.78 is 10.0. The highest BCUT2D eigenvalue weighted by Crippen LogP contribution is 2.14. The number of nitrogens with one attached hydrogen (secondary N) is 1. The summed E-state index contributed by atoms with van der Waals surface area (Å²) in [6, 6.07) is 7.05. The first-order chi connectivity index (χ1) is 7.72. The molecule has 1 rings (SSSR count). The van der Waals surface area contributed by atoms with Gasteiger partial charge in [-0.2, -0.15) is 0 Å². The molecule has 0 saturated heterocycles. The van der Waals surface area contributed by atoms with Gasteiger partial charge in [0.2, 0.25) is 5.91 Å². The van der Waals surface area contributed by atoms with Gasteiger partial charge in [0.05, 0.1) is 6.54 Å². The largest absolute Gasteiger partial charge is 0.492 e. The number of ether oxygens (including phenoxy) is 2. The molecule has 4 nitrogen and oxygen atoms in total. The van der Waals surface area contributed by atoms with E-state index in [0.717, 1.165) is 5.75 Å². The van der Waals surface area contributed by atoms with Gasteiger partial charge >= 0.3 is 0 Å². The second-order valence-electron chi connectivity index (χ2n) is 3.09. The molecule has 1 N–H and O–H groups in total. The molecule has 0 aliphatic heterocycles.